The predicted molar refractivity (Wildman–Crippen MR) is 85.0 cm³/mol. The van der Waals surface area contributed by atoms with Crippen molar-refractivity contribution in [2.45, 2.75) is 20.8 Å². The average molecular weight is 314 g/mol. The maximum atomic E-state index is 12.1. The lowest BCUT2D eigenvalue weighted by atomic mass is 10.1. The molecule has 23 heavy (non-hydrogen) atoms. The summed E-state index contributed by atoms with van der Waals surface area (Å²) >= 11 is 0. The highest BCUT2D eigenvalue weighted by Crippen LogP contribution is 2.33. The number of Topliss-reactive ketones (excluding diaryl/α,β-unsaturated/α-hetero) is 1. The smallest absolute Gasteiger partial charge is 0.338 e. The second-order valence-electron chi connectivity index (χ2n) is 4.92. The van der Waals surface area contributed by atoms with Crippen LogP contribution in [0.5, 0.6) is 0 Å². The van der Waals surface area contributed by atoms with Crippen LogP contribution in [0.15, 0.2) is 30.3 Å². The molecule has 120 valence electrons. The van der Waals surface area contributed by atoms with Crippen LogP contribution >= 0.6 is 0 Å². The van der Waals surface area contributed by atoms with Gasteiger partial charge < -0.3 is 9.47 Å². The zero-order valence-corrected chi connectivity index (χ0v) is 13.3. The van der Waals surface area contributed by atoms with E-state index >= 15 is 0 Å². The minimum atomic E-state index is -0.511. The Morgan fingerprint density at radius 1 is 0.826 bits per heavy atom. The van der Waals surface area contributed by atoms with Gasteiger partial charge in [-0.05, 0) is 38.0 Å². The molecule has 0 amide bonds. The van der Waals surface area contributed by atoms with Crippen LogP contribution in [0, 0.1) is 0 Å². The molecule has 0 spiro atoms. The van der Waals surface area contributed by atoms with Crippen LogP contribution in [-0.4, -0.2) is 30.9 Å². The summed E-state index contributed by atoms with van der Waals surface area (Å²) in [6, 6.07) is 8.04. The van der Waals surface area contributed by atoms with Crippen molar-refractivity contribution in [1.82, 2.24) is 0 Å². The van der Waals surface area contributed by atoms with E-state index in [9.17, 15) is 14.4 Å². The molecule has 0 radical (unpaired) electrons. The Labute approximate surface area is 134 Å². The normalized spacial score (nSPS) is 10.4. The molecule has 2 aliphatic carbocycles. The van der Waals surface area contributed by atoms with Gasteiger partial charge in [-0.2, -0.15) is 0 Å². The Morgan fingerprint density at radius 2 is 1.26 bits per heavy atom. The van der Waals surface area contributed by atoms with Gasteiger partial charge in [-0.15, -0.1) is 0 Å². The molecule has 2 aliphatic rings. The van der Waals surface area contributed by atoms with E-state index in [0.717, 1.165) is 0 Å². The van der Waals surface area contributed by atoms with Gasteiger partial charge in [0.15, 0.2) is 5.78 Å². The van der Waals surface area contributed by atoms with Crippen LogP contribution < -0.4 is 0 Å². The SMILES string of the molecule is CCOC(=O)c1cc(C(=O)OCC)c2ccc(C(C)=O)ccc1-2. The van der Waals surface area contributed by atoms with E-state index in [4.69, 9.17) is 9.47 Å². The van der Waals surface area contributed by atoms with Crippen LogP contribution in [0.1, 0.15) is 51.8 Å². The molecular weight excluding hydrogens is 296 g/mol. The number of hydrogen-bond donors (Lipinski definition) is 0. The molecule has 0 saturated heterocycles. The van der Waals surface area contributed by atoms with Gasteiger partial charge in [-0.3, -0.25) is 4.79 Å². The lowest BCUT2D eigenvalue weighted by Gasteiger charge is -2.02. The molecule has 2 rings (SSSR count). The summed E-state index contributed by atoms with van der Waals surface area (Å²) in [5.74, 6) is -1.12. The largest absolute Gasteiger partial charge is 0.462 e. The van der Waals surface area contributed by atoms with Crippen molar-refractivity contribution in [2.24, 2.45) is 0 Å². The third-order valence-electron chi connectivity index (χ3n) is 3.42. The fourth-order valence-electron chi connectivity index (χ4n) is 2.34. The average Bonchev–Trinajstić information content (AvgIpc) is 2.72. The topological polar surface area (TPSA) is 69.7 Å². The monoisotopic (exact) mass is 314 g/mol. The van der Waals surface area contributed by atoms with Gasteiger partial charge in [0.2, 0.25) is 0 Å². The number of rotatable bonds is 5. The van der Waals surface area contributed by atoms with Gasteiger partial charge in [0, 0.05) is 5.56 Å². The summed E-state index contributed by atoms with van der Waals surface area (Å²) in [5.41, 5.74) is 2.18. The second kappa shape index (κ2) is 7.05. The molecule has 0 aromatic carbocycles. The first-order chi connectivity index (χ1) is 11.0. The fourth-order valence-corrected chi connectivity index (χ4v) is 2.34. The van der Waals surface area contributed by atoms with E-state index in [1.54, 1.807) is 38.1 Å². The van der Waals surface area contributed by atoms with Gasteiger partial charge in [0.25, 0.3) is 0 Å². The number of fused-ring (bicyclic) bond motifs is 1. The number of carbonyl (C=O) groups excluding carboxylic acids is 3. The van der Waals surface area contributed by atoms with Gasteiger partial charge in [-0.25, -0.2) is 9.59 Å². The van der Waals surface area contributed by atoms with Crippen molar-refractivity contribution in [2.75, 3.05) is 13.2 Å². The number of ether oxygens (including phenoxy) is 2. The summed E-state index contributed by atoms with van der Waals surface area (Å²) in [7, 11) is 0. The van der Waals surface area contributed by atoms with Gasteiger partial charge >= 0.3 is 11.9 Å². The first-order valence-corrected chi connectivity index (χ1v) is 7.41. The Hall–Kier alpha value is -2.69. The highest BCUT2D eigenvalue weighted by atomic mass is 16.5. The zero-order chi connectivity index (χ0) is 17.0. The summed E-state index contributed by atoms with van der Waals surface area (Å²) in [5, 5.41) is 0. The number of carbonyl (C=O) groups is 3. The van der Waals surface area contributed by atoms with Crippen molar-refractivity contribution >= 4 is 17.7 Å². The Kier molecular flexibility index (Phi) is 5.11. The lowest BCUT2D eigenvalue weighted by Crippen LogP contribution is -2.05. The van der Waals surface area contributed by atoms with Crippen LogP contribution in [0.25, 0.3) is 11.1 Å². The fraction of sp³-hybridized carbons (Fsp3) is 0.278. The minimum absolute atomic E-state index is 0.0991. The van der Waals surface area contributed by atoms with Crippen molar-refractivity contribution in [1.29, 1.82) is 0 Å². The highest BCUT2D eigenvalue weighted by molar-refractivity contribution is 6.08. The number of hydrogen-bond acceptors (Lipinski definition) is 5. The third-order valence-corrected chi connectivity index (χ3v) is 3.42. The molecule has 0 unspecified atom stereocenters. The number of ketones is 1. The summed E-state index contributed by atoms with van der Waals surface area (Å²) in [4.78, 5) is 35.8. The molecule has 5 heteroatoms. The zero-order valence-electron chi connectivity index (χ0n) is 13.3. The molecule has 0 aromatic heterocycles. The van der Waals surface area contributed by atoms with Crippen molar-refractivity contribution in [3.05, 3.63) is 47.0 Å². The van der Waals surface area contributed by atoms with Crippen molar-refractivity contribution in [3.8, 4) is 11.1 Å². The minimum Gasteiger partial charge on any atom is -0.462 e. The van der Waals surface area contributed by atoms with Gasteiger partial charge in [0.1, 0.15) is 0 Å². The predicted octanol–water partition coefficient (Wildman–Crippen LogP) is 3.35. The Balaban J connectivity index is 2.65. The maximum absolute atomic E-state index is 12.1. The molecule has 0 bridgehead atoms. The molecule has 0 fully saturated rings. The lowest BCUT2D eigenvalue weighted by molar-refractivity contribution is 0.0525. The molecule has 0 atom stereocenters. The first-order valence-electron chi connectivity index (χ1n) is 7.41. The van der Waals surface area contributed by atoms with E-state index in [2.05, 4.69) is 0 Å². The van der Waals surface area contributed by atoms with Crippen LogP contribution in [0.2, 0.25) is 0 Å². The molecule has 0 heterocycles. The molecule has 5 nitrogen and oxygen atoms in total. The molecule has 0 saturated carbocycles. The van der Waals surface area contributed by atoms with Crippen LogP contribution in [0.3, 0.4) is 0 Å². The maximum Gasteiger partial charge on any atom is 0.338 e. The van der Waals surface area contributed by atoms with Gasteiger partial charge in [-0.1, -0.05) is 24.3 Å². The van der Waals surface area contributed by atoms with Crippen LogP contribution in [-0.2, 0) is 9.47 Å². The summed E-state index contributed by atoms with van der Waals surface area (Å²) in [6.45, 7) is 5.35. The van der Waals surface area contributed by atoms with E-state index in [-0.39, 0.29) is 30.1 Å². The van der Waals surface area contributed by atoms with E-state index in [0.29, 0.717) is 16.7 Å². The second-order valence-corrected chi connectivity index (χ2v) is 4.92. The summed E-state index contributed by atoms with van der Waals surface area (Å²) < 4.78 is 10.1. The molecular formula is C18H18O5. The molecule has 0 N–H and O–H groups in total. The third kappa shape index (κ3) is 3.39. The van der Waals surface area contributed by atoms with Crippen molar-refractivity contribution < 1.29 is 23.9 Å². The van der Waals surface area contributed by atoms with Crippen molar-refractivity contribution in [3.63, 3.8) is 0 Å². The Bertz CT molecular complexity index is 680. The highest BCUT2D eigenvalue weighted by Gasteiger charge is 2.25. The van der Waals surface area contributed by atoms with E-state index < -0.39 is 11.9 Å². The number of esters is 2. The summed E-state index contributed by atoms with van der Waals surface area (Å²) in [6.07, 6.45) is 0. The molecule has 0 aromatic rings. The Morgan fingerprint density at radius 3 is 1.61 bits per heavy atom. The molecule has 0 aliphatic heterocycles. The van der Waals surface area contributed by atoms with Crippen LogP contribution in [0.4, 0.5) is 0 Å². The standard InChI is InChI=1S/C18H18O5/c1-4-22-17(20)15-10-16(18(21)23-5-2)14-9-7-12(11(3)19)6-8-13(14)15/h6-10H,4-5H2,1-3H3. The van der Waals surface area contributed by atoms with Gasteiger partial charge in [0.05, 0.1) is 24.3 Å². The first kappa shape index (κ1) is 16.7. The van der Waals surface area contributed by atoms with E-state index in [1.807, 2.05) is 0 Å². The van der Waals surface area contributed by atoms with E-state index in [1.165, 1.54) is 13.0 Å². The quantitative estimate of drug-likeness (QED) is 0.625.